The number of hydrogen-bond acceptors (Lipinski definition) is 4. The highest BCUT2D eigenvalue weighted by molar-refractivity contribution is 6.29. The van der Waals surface area contributed by atoms with Gasteiger partial charge in [0, 0.05) is 5.54 Å². The number of amides is 1. The van der Waals surface area contributed by atoms with Gasteiger partial charge in [-0.1, -0.05) is 48.9 Å². The first-order valence-electron chi connectivity index (χ1n) is 9.98. The topological polar surface area (TPSA) is 80.0 Å². The summed E-state index contributed by atoms with van der Waals surface area (Å²) in [6.45, 7) is 4.01. The highest BCUT2D eigenvalue weighted by Crippen LogP contribution is 2.42. The lowest BCUT2D eigenvalue weighted by Gasteiger charge is -2.40. The number of nitrogens with zero attached hydrogens (tertiary/aromatic N) is 3. The number of anilines is 1. The Kier molecular flexibility index (Phi) is 5.09. The molecule has 1 aromatic carbocycles. The summed E-state index contributed by atoms with van der Waals surface area (Å²) >= 11 is 6.12. The van der Waals surface area contributed by atoms with Crippen molar-refractivity contribution in [2.24, 2.45) is 0 Å². The number of nitrogens with one attached hydrogen (secondary N) is 1. The molecule has 1 aliphatic rings. The minimum Gasteiger partial charge on any atom is -0.385 e. The van der Waals surface area contributed by atoms with E-state index >= 15 is 0 Å². The van der Waals surface area contributed by atoms with Crippen LogP contribution in [0.4, 0.5) is 5.95 Å². The van der Waals surface area contributed by atoms with Gasteiger partial charge in [-0.05, 0) is 50.3 Å². The number of halogens is 1. The molecule has 0 spiro atoms. The summed E-state index contributed by atoms with van der Waals surface area (Å²) in [4.78, 5) is 22.0. The van der Waals surface area contributed by atoms with Crippen LogP contribution in [0.3, 0.4) is 0 Å². The summed E-state index contributed by atoms with van der Waals surface area (Å²) < 4.78 is 1.99. The van der Waals surface area contributed by atoms with Crippen LogP contribution in [0.25, 0.3) is 11.2 Å². The fourth-order valence-corrected chi connectivity index (χ4v) is 4.20. The molecule has 1 fully saturated rings. The van der Waals surface area contributed by atoms with E-state index in [4.69, 9.17) is 11.6 Å². The highest BCUT2D eigenvalue weighted by Gasteiger charge is 2.38. The standard InChI is InChI=1S/C22H25ClN4O2/c1-3-22(29,15-8-5-4-6-9-15)14-18(28)26-20-24-16-10-11-17(23)25-19(16)27(20)21(2)12-7-13-21/h4-6,8-11,29H,3,7,12-14H2,1-2H3,(H,24,26,28). The number of hydrogen-bond donors (Lipinski definition) is 2. The molecular weight excluding hydrogens is 388 g/mol. The van der Waals surface area contributed by atoms with Crippen LogP contribution in [0.5, 0.6) is 0 Å². The van der Waals surface area contributed by atoms with Crippen molar-refractivity contribution in [1.29, 1.82) is 0 Å². The molecule has 2 heterocycles. The fourth-order valence-electron chi connectivity index (χ4n) is 4.06. The van der Waals surface area contributed by atoms with Gasteiger partial charge in [0.05, 0.1) is 12.0 Å². The largest absolute Gasteiger partial charge is 0.385 e. The second kappa shape index (κ2) is 7.43. The molecule has 3 aromatic rings. The summed E-state index contributed by atoms with van der Waals surface area (Å²) in [7, 11) is 0. The summed E-state index contributed by atoms with van der Waals surface area (Å²) in [6, 6.07) is 12.8. The quantitative estimate of drug-likeness (QED) is 0.579. The van der Waals surface area contributed by atoms with Crippen molar-refractivity contribution in [3.63, 3.8) is 0 Å². The van der Waals surface area contributed by atoms with E-state index in [0.717, 1.165) is 24.8 Å². The Morgan fingerprint density at radius 1 is 1.24 bits per heavy atom. The number of rotatable bonds is 6. The lowest BCUT2D eigenvalue weighted by Crippen LogP contribution is -2.39. The van der Waals surface area contributed by atoms with Crippen LogP contribution < -0.4 is 5.32 Å². The van der Waals surface area contributed by atoms with Crippen molar-refractivity contribution >= 4 is 34.6 Å². The average Bonchev–Trinajstić information content (AvgIpc) is 3.03. The van der Waals surface area contributed by atoms with E-state index in [1.54, 1.807) is 6.07 Å². The average molecular weight is 413 g/mol. The molecule has 7 heteroatoms. The molecule has 4 rings (SSSR count). The van der Waals surface area contributed by atoms with Gasteiger partial charge >= 0.3 is 0 Å². The van der Waals surface area contributed by atoms with Crippen LogP contribution >= 0.6 is 11.6 Å². The van der Waals surface area contributed by atoms with Gasteiger partial charge in [0.25, 0.3) is 0 Å². The van der Waals surface area contributed by atoms with Gasteiger partial charge in [-0.25, -0.2) is 9.97 Å². The number of aliphatic hydroxyl groups is 1. The molecule has 0 radical (unpaired) electrons. The number of imidazole rings is 1. The second-order valence-electron chi connectivity index (χ2n) is 8.07. The smallest absolute Gasteiger partial charge is 0.229 e. The van der Waals surface area contributed by atoms with E-state index in [9.17, 15) is 9.90 Å². The SMILES string of the molecule is CCC(O)(CC(=O)Nc1nc2ccc(Cl)nc2n1C1(C)CCC1)c1ccccc1. The Morgan fingerprint density at radius 3 is 2.59 bits per heavy atom. The molecule has 152 valence electrons. The van der Waals surface area contributed by atoms with Gasteiger partial charge in [-0.15, -0.1) is 0 Å². The first-order valence-corrected chi connectivity index (χ1v) is 10.4. The van der Waals surface area contributed by atoms with E-state index in [2.05, 4.69) is 22.2 Å². The van der Waals surface area contributed by atoms with Crippen molar-refractivity contribution in [3.8, 4) is 0 Å². The number of pyridine rings is 1. The molecule has 0 saturated heterocycles. The van der Waals surface area contributed by atoms with E-state index < -0.39 is 5.60 Å². The summed E-state index contributed by atoms with van der Waals surface area (Å²) in [5.41, 5.74) is 0.695. The Hall–Kier alpha value is -2.44. The maximum atomic E-state index is 12.9. The van der Waals surface area contributed by atoms with E-state index in [-0.39, 0.29) is 17.9 Å². The van der Waals surface area contributed by atoms with Gasteiger partial charge in [0.2, 0.25) is 11.9 Å². The summed E-state index contributed by atoms with van der Waals surface area (Å²) in [5.74, 6) is 0.164. The first-order chi connectivity index (χ1) is 13.8. The zero-order valence-corrected chi connectivity index (χ0v) is 17.4. The number of carbonyl (C=O) groups excluding carboxylic acids is 1. The Labute approximate surface area is 174 Å². The zero-order valence-electron chi connectivity index (χ0n) is 16.7. The lowest BCUT2D eigenvalue weighted by molar-refractivity contribution is -0.121. The van der Waals surface area contributed by atoms with Gasteiger partial charge < -0.3 is 5.11 Å². The van der Waals surface area contributed by atoms with Crippen molar-refractivity contribution in [1.82, 2.24) is 14.5 Å². The lowest BCUT2D eigenvalue weighted by atomic mass is 9.78. The van der Waals surface area contributed by atoms with Crippen LogP contribution in [0.2, 0.25) is 5.15 Å². The van der Waals surface area contributed by atoms with Crippen molar-refractivity contribution < 1.29 is 9.90 Å². The van der Waals surface area contributed by atoms with Crippen LogP contribution in [0.15, 0.2) is 42.5 Å². The Morgan fingerprint density at radius 2 is 1.97 bits per heavy atom. The number of benzene rings is 1. The third-order valence-corrected chi connectivity index (χ3v) is 6.25. The Bertz CT molecular complexity index is 1050. The second-order valence-corrected chi connectivity index (χ2v) is 8.46. The van der Waals surface area contributed by atoms with Gasteiger partial charge in [-0.3, -0.25) is 14.7 Å². The fraction of sp³-hybridized carbons (Fsp3) is 0.409. The summed E-state index contributed by atoms with van der Waals surface area (Å²) in [6.07, 6.45) is 3.46. The molecule has 1 amide bonds. The first kappa shape index (κ1) is 19.9. The van der Waals surface area contributed by atoms with Crippen molar-refractivity contribution in [2.75, 3.05) is 5.32 Å². The third-order valence-electron chi connectivity index (χ3n) is 6.04. The third kappa shape index (κ3) is 3.63. The minimum atomic E-state index is -1.23. The van der Waals surface area contributed by atoms with Gasteiger partial charge in [0.1, 0.15) is 10.7 Å². The van der Waals surface area contributed by atoms with E-state index in [0.29, 0.717) is 28.7 Å². The normalized spacial score (nSPS) is 17.5. The molecule has 0 bridgehead atoms. The summed E-state index contributed by atoms with van der Waals surface area (Å²) in [5, 5.41) is 14.4. The Balaban J connectivity index is 1.65. The molecule has 29 heavy (non-hydrogen) atoms. The molecule has 0 aliphatic heterocycles. The molecule has 1 atom stereocenters. The maximum absolute atomic E-state index is 12.9. The molecule has 2 N–H and O–H groups in total. The van der Waals surface area contributed by atoms with Gasteiger partial charge in [0.15, 0.2) is 5.65 Å². The van der Waals surface area contributed by atoms with Crippen molar-refractivity contribution in [2.45, 2.75) is 57.1 Å². The monoisotopic (exact) mass is 412 g/mol. The van der Waals surface area contributed by atoms with Crippen LogP contribution in [-0.4, -0.2) is 25.5 Å². The molecule has 1 saturated carbocycles. The maximum Gasteiger partial charge on any atom is 0.229 e. The van der Waals surface area contributed by atoms with Gasteiger partial charge in [-0.2, -0.15) is 0 Å². The minimum absolute atomic E-state index is 0.0540. The molecular formula is C22H25ClN4O2. The molecule has 2 aromatic heterocycles. The molecule has 6 nitrogen and oxygen atoms in total. The highest BCUT2D eigenvalue weighted by atomic mass is 35.5. The van der Waals surface area contributed by atoms with Crippen LogP contribution in [-0.2, 0) is 15.9 Å². The van der Waals surface area contributed by atoms with E-state index in [1.165, 1.54) is 0 Å². The predicted octanol–water partition coefficient (Wildman–Crippen LogP) is 4.61. The van der Waals surface area contributed by atoms with Crippen molar-refractivity contribution in [3.05, 3.63) is 53.2 Å². The predicted molar refractivity (Wildman–Crippen MR) is 114 cm³/mol. The van der Waals surface area contributed by atoms with Crippen LogP contribution in [0, 0.1) is 0 Å². The van der Waals surface area contributed by atoms with E-state index in [1.807, 2.05) is 47.9 Å². The zero-order chi connectivity index (χ0) is 20.6. The number of aromatic nitrogens is 3. The molecule has 1 unspecified atom stereocenters. The number of fused-ring (bicyclic) bond motifs is 1. The molecule has 1 aliphatic carbocycles. The number of carbonyl (C=O) groups is 1. The van der Waals surface area contributed by atoms with Crippen LogP contribution in [0.1, 0.15) is 51.5 Å².